The molecular formula is C20H24N4O2S. The Labute approximate surface area is 163 Å². The van der Waals surface area contributed by atoms with E-state index in [1.54, 1.807) is 0 Å². The number of piperazine rings is 1. The molecule has 1 unspecified atom stereocenters. The van der Waals surface area contributed by atoms with Crippen LogP contribution in [-0.4, -0.2) is 65.4 Å². The summed E-state index contributed by atoms with van der Waals surface area (Å²) in [5, 5.41) is 5.46. The molecule has 0 spiro atoms. The van der Waals surface area contributed by atoms with E-state index in [2.05, 4.69) is 15.2 Å². The van der Waals surface area contributed by atoms with Gasteiger partial charge in [-0.3, -0.25) is 14.5 Å². The van der Waals surface area contributed by atoms with E-state index in [0.29, 0.717) is 17.5 Å². The largest absolute Gasteiger partial charge is 0.356 e. The molecule has 0 aliphatic carbocycles. The van der Waals surface area contributed by atoms with Gasteiger partial charge in [-0.05, 0) is 12.8 Å². The lowest BCUT2D eigenvalue weighted by Gasteiger charge is -2.38. The van der Waals surface area contributed by atoms with Crippen LogP contribution >= 0.6 is 11.3 Å². The molecule has 4 rings (SSSR count). The molecule has 1 aromatic heterocycles. The van der Waals surface area contributed by atoms with Crippen molar-refractivity contribution in [1.29, 1.82) is 0 Å². The molecular weight excluding hydrogens is 360 g/mol. The summed E-state index contributed by atoms with van der Waals surface area (Å²) in [4.78, 5) is 33.2. The van der Waals surface area contributed by atoms with Gasteiger partial charge in [0.15, 0.2) is 5.01 Å². The van der Waals surface area contributed by atoms with Gasteiger partial charge in [0.05, 0.1) is 5.69 Å². The van der Waals surface area contributed by atoms with E-state index >= 15 is 0 Å². The number of aromatic nitrogens is 1. The van der Waals surface area contributed by atoms with Crippen LogP contribution in [0.25, 0.3) is 11.3 Å². The van der Waals surface area contributed by atoms with Crippen LogP contribution in [0.3, 0.4) is 0 Å². The van der Waals surface area contributed by atoms with Gasteiger partial charge < -0.3 is 10.2 Å². The molecule has 2 aliphatic heterocycles. The average molecular weight is 385 g/mol. The molecule has 2 aromatic rings. The van der Waals surface area contributed by atoms with Crippen molar-refractivity contribution in [3.05, 3.63) is 40.7 Å². The molecule has 3 heterocycles. The minimum Gasteiger partial charge on any atom is -0.356 e. The molecule has 1 atom stereocenters. The van der Waals surface area contributed by atoms with E-state index < -0.39 is 0 Å². The molecule has 0 saturated carbocycles. The number of carbonyl (C=O) groups excluding carboxylic acids is 2. The lowest BCUT2D eigenvalue weighted by atomic mass is 10.1. The number of hydrogen-bond acceptors (Lipinski definition) is 5. The zero-order valence-electron chi connectivity index (χ0n) is 15.3. The van der Waals surface area contributed by atoms with E-state index in [1.807, 2.05) is 40.6 Å². The van der Waals surface area contributed by atoms with Crippen molar-refractivity contribution in [1.82, 2.24) is 20.1 Å². The van der Waals surface area contributed by atoms with Crippen LogP contribution in [0.5, 0.6) is 0 Å². The predicted octanol–water partition coefficient (Wildman–Crippen LogP) is 2.24. The van der Waals surface area contributed by atoms with Crippen molar-refractivity contribution in [2.45, 2.75) is 25.3 Å². The van der Waals surface area contributed by atoms with Crippen molar-refractivity contribution >= 4 is 23.2 Å². The third kappa shape index (κ3) is 4.20. The number of thiazole rings is 1. The third-order valence-corrected chi connectivity index (χ3v) is 6.21. The maximum atomic E-state index is 12.8. The highest BCUT2D eigenvalue weighted by Crippen LogP contribution is 2.23. The molecule has 1 N–H and O–H groups in total. The van der Waals surface area contributed by atoms with Gasteiger partial charge in [-0.25, -0.2) is 4.98 Å². The van der Waals surface area contributed by atoms with E-state index in [9.17, 15) is 9.59 Å². The maximum Gasteiger partial charge on any atom is 0.282 e. The Morgan fingerprint density at radius 1 is 1.11 bits per heavy atom. The molecule has 0 bridgehead atoms. The lowest BCUT2D eigenvalue weighted by Crippen LogP contribution is -2.52. The molecule has 2 amide bonds. The highest BCUT2D eigenvalue weighted by Gasteiger charge is 2.29. The van der Waals surface area contributed by atoms with Crippen LogP contribution in [0.15, 0.2) is 35.7 Å². The van der Waals surface area contributed by atoms with Crippen LogP contribution in [0.1, 0.15) is 29.1 Å². The zero-order chi connectivity index (χ0) is 18.6. The molecule has 2 aliphatic rings. The molecule has 0 radical (unpaired) electrons. The number of nitrogens with one attached hydrogen (secondary N) is 1. The fourth-order valence-electron chi connectivity index (χ4n) is 3.81. The van der Waals surface area contributed by atoms with E-state index in [0.717, 1.165) is 56.8 Å². The second-order valence-electron chi connectivity index (χ2n) is 7.06. The van der Waals surface area contributed by atoms with Gasteiger partial charge in [0.1, 0.15) is 0 Å². The Morgan fingerprint density at radius 3 is 2.67 bits per heavy atom. The number of hydrogen-bond donors (Lipinski definition) is 1. The molecule has 1 aromatic carbocycles. The number of rotatable bonds is 3. The van der Waals surface area contributed by atoms with Gasteiger partial charge in [0.25, 0.3) is 5.91 Å². The van der Waals surface area contributed by atoms with E-state index in [1.165, 1.54) is 11.3 Å². The summed E-state index contributed by atoms with van der Waals surface area (Å²) >= 11 is 1.42. The second kappa shape index (κ2) is 8.19. The summed E-state index contributed by atoms with van der Waals surface area (Å²) in [6.45, 7) is 3.92. The fraction of sp³-hybridized carbons (Fsp3) is 0.450. The summed E-state index contributed by atoms with van der Waals surface area (Å²) in [6.07, 6.45) is 2.50. The van der Waals surface area contributed by atoms with Gasteiger partial charge in [-0.15, -0.1) is 11.3 Å². The quantitative estimate of drug-likeness (QED) is 0.881. The first kappa shape index (κ1) is 18.1. The topological polar surface area (TPSA) is 65.5 Å². The normalized spacial score (nSPS) is 21.6. The van der Waals surface area contributed by atoms with Crippen LogP contribution in [0, 0.1) is 0 Å². The number of nitrogens with zero attached hydrogens (tertiary/aromatic N) is 3. The van der Waals surface area contributed by atoms with Gasteiger partial charge >= 0.3 is 0 Å². The predicted molar refractivity (Wildman–Crippen MR) is 106 cm³/mol. The Bertz CT molecular complexity index is 799. The molecule has 7 heteroatoms. The Morgan fingerprint density at radius 2 is 1.89 bits per heavy atom. The summed E-state index contributed by atoms with van der Waals surface area (Å²) in [7, 11) is 0. The minimum absolute atomic E-state index is 0.0274. The van der Waals surface area contributed by atoms with Gasteiger partial charge in [-0.2, -0.15) is 0 Å². The monoisotopic (exact) mass is 384 g/mol. The SMILES string of the molecule is O=C1CCC(N2CCN(C(=O)c3nc(-c4ccccc4)cs3)CC2)CCN1. The van der Waals surface area contributed by atoms with Crippen molar-refractivity contribution in [2.75, 3.05) is 32.7 Å². The Balaban J connectivity index is 1.35. The molecule has 142 valence electrons. The van der Waals surface area contributed by atoms with Gasteiger partial charge in [0.2, 0.25) is 5.91 Å². The number of amides is 2. The van der Waals surface area contributed by atoms with Crippen molar-refractivity contribution in [3.8, 4) is 11.3 Å². The zero-order valence-corrected chi connectivity index (χ0v) is 16.1. The van der Waals surface area contributed by atoms with Crippen LogP contribution in [-0.2, 0) is 4.79 Å². The van der Waals surface area contributed by atoms with Crippen molar-refractivity contribution < 1.29 is 9.59 Å². The number of carbonyl (C=O) groups is 2. The minimum atomic E-state index is 0.0274. The first-order valence-electron chi connectivity index (χ1n) is 9.51. The average Bonchev–Trinajstić information content (AvgIpc) is 3.11. The molecule has 2 saturated heterocycles. The van der Waals surface area contributed by atoms with Gasteiger partial charge in [0, 0.05) is 56.1 Å². The highest BCUT2D eigenvalue weighted by molar-refractivity contribution is 7.12. The maximum absolute atomic E-state index is 12.8. The van der Waals surface area contributed by atoms with E-state index in [-0.39, 0.29) is 11.8 Å². The smallest absolute Gasteiger partial charge is 0.282 e. The first-order chi connectivity index (χ1) is 13.2. The highest BCUT2D eigenvalue weighted by atomic mass is 32.1. The van der Waals surface area contributed by atoms with Crippen LogP contribution in [0.2, 0.25) is 0 Å². The molecule has 2 fully saturated rings. The molecule has 6 nitrogen and oxygen atoms in total. The summed E-state index contributed by atoms with van der Waals surface area (Å²) in [5.74, 6) is 0.184. The summed E-state index contributed by atoms with van der Waals surface area (Å²) < 4.78 is 0. The third-order valence-electron chi connectivity index (χ3n) is 5.38. The Hall–Kier alpha value is -2.25. The Kier molecular flexibility index (Phi) is 5.50. The summed E-state index contributed by atoms with van der Waals surface area (Å²) in [6, 6.07) is 10.4. The van der Waals surface area contributed by atoms with Crippen LogP contribution in [0.4, 0.5) is 0 Å². The van der Waals surface area contributed by atoms with Gasteiger partial charge in [-0.1, -0.05) is 30.3 Å². The van der Waals surface area contributed by atoms with Crippen molar-refractivity contribution in [2.24, 2.45) is 0 Å². The second-order valence-corrected chi connectivity index (χ2v) is 7.92. The standard InChI is InChI=1S/C20H24N4O2S/c25-18-7-6-16(8-9-21-18)23-10-12-24(13-11-23)20(26)19-22-17(14-27-19)15-4-2-1-3-5-15/h1-5,14,16H,6-13H2,(H,21,25). The first-order valence-corrected chi connectivity index (χ1v) is 10.4. The summed E-state index contributed by atoms with van der Waals surface area (Å²) in [5.41, 5.74) is 1.90. The number of benzene rings is 1. The fourth-order valence-corrected chi connectivity index (χ4v) is 4.61. The van der Waals surface area contributed by atoms with Crippen molar-refractivity contribution in [3.63, 3.8) is 0 Å². The van der Waals surface area contributed by atoms with Crippen LogP contribution < -0.4 is 5.32 Å². The molecule has 27 heavy (non-hydrogen) atoms. The lowest BCUT2D eigenvalue weighted by molar-refractivity contribution is -0.120. The van der Waals surface area contributed by atoms with E-state index in [4.69, 9.17) is 0 Å².